The van der Waals surface area contributed by atoms with Gasteiger partial charge in [0, 0.05) is 11.1 Å². The van der Waals surface area contributed by atoms with Gasteiger partial charge in [0.25, 0.3) is 0 Å². The molecule has 0 atom stereocenters. The van der Waals surface area contributed by atoms with Gasteiger partial charge in [-0.05, 0) is 48.5 Å². The van der Waals surface area contributed by atoms with Crippen molar-refractivity contribution in [2.24, 2.45) is 0 Å². The number of rotatable bonds is 3. The third-order valence-corrected chi connectivity index (χ3v) is 3.45. The molecule has 4 rings (SSSR count). The molecule has 0 N–H and O–H groups in total. The molecule has 4 nitrogen and oxygen atoms in total. The van der Waals surface area contributed by atoms with E-state index in [1.807, 2.05) is 0 Å². The van der Waals surface area contributed by atoms with Crippen LogP contribution in [0.15, 0.2) is 69.9 Å². The van der Waals surface area contributed by atoms with Crippen LogP contribution >= 0.6 is 0 Å². The molecule has 0 amide bonds. The fraction of sp³-hybridized carbons (Fsp3) is 0. The first kappa shape index (κ1) is 14.3. The zero-order valence-electron chi connectivity index (χ0n) is 12.2. The van der Waals surface area contributed by atoms with E-state index in [2.05, 4.69) is 9.97 Å². The number of nitrogens with zero attached hydrogens (tertiary/aromatic N) is 2. The van der Waals surface area contributed by atoms with Crippen molar-refractivity contribution in [3.8, 4) is 34.3 Å². The highest BCUT2D eigenvalue weighted by atomic mass is 19.1. The summed E-state index contributed by atoms with van der Waals surface area (Å²) in [6, 6.07) is 11.7. The van der Waals surface area contributed by atoms with Crippen molar-refractivity contribution in [3.05, 3.63) is 72.7 Å². The number of halogens is 2. The Kier molecular flexibility index (Phi) is 3.42. The van der Waals surface area contributed by atoms with Crippen LogP contribution in [0.3, 0.4) is 0 Å². The lowest BCUT2D eigenvalue weighted by atomic mass is 10.2. The Balaban J connectivity index is 1.63. The lowest BCUT2D eigenvalue weighted by Crippen LogP contribution is -1.82. The van der Waals surface area contributed by atoms with Crippen LogP contribution in [0.4, 0.5) is 8.78 Å². The Bertz CT molecular complexity index is 891. The van der Waals surface area contributed by atoms with Gasteiger partial charge < -0.3 is 8.83 Å². The summed E-state index contributed by atoms with van der Waals surface area (Å²) in [5.74, 6) is 0.0598. The minimum Gasteiger partial charge on any atom is -0.444 e. The highest BCUT2D eigenvalue weighted by Gasteiger charge is 2.13. The molecule has 24 heavy (non-hydrogen) atoms. The Morgan fingerprint density at radius 3 is 1.33 bits per heavy atom. The van der Waals surface area contributed by atoms with Crippen LogP contribution in [-0.4, -0.2) is 9.97 Å². The molecule has 0 aliphatic heterocycles. The number of aromatic nitrogens is 2. The molecule has 0 fully saturated rings. The van der Waals surface area contributed by atoms with E-state index in [4.69, 9.17) is 8.83 Å². The third-order valence-electron chi connectivity index (χ3n) is 3.45. The molecule has 6 heteroatoms. The average molecular weight is 324 g/mol. The Morgan fingerprint density at radius 2 is 0.958 bits per heavy atom. The summed E-state index contributed by atoms with van der Waals surface area (Å²) in [5.41, 5.74) is 2.30. The maximum atomic E-state index is 13.0. The molecule has 4 aromatic rings. The van der Waals surface area contributed by atoms with Crippen molar-refractivity contribution in [2.45, 2.75) is 0 Å². The van der Waals surface area contributed by atoms with E-state index in [-0.39, 0.29) is 11.6 Å². The van der Waals surface area contributed by atoms with Gasteiger partial charge in [-0.25, -0.2) is 18.7 Å². The lowest BCUT2D eigenvalue weighted by molar-refractivity contribution is 0.572. The van der Waals surface area contributed by atoms with E-state index >= 15 is 0 Å². The molecule has 0 bridgehead atoms. The van der Waals surface area contributed by atoms with Gasteiger partial charge in [-0.15, -0.1) is 0 Å². The van der Waals surface area contributed by atoms with Crippen LogP contribution < -0.4 is 0 Å². The minimum atomic E-state index is -0.328. The first-order valence-electron chi connectivity index (χ1n) is 7.12. The van der Waals surface area contributed by atoms with Crippen molar-refractivity contribution in [3.63, 3.8) is 0 Å². The van der Waals surface area contributed by atoms with E-state index in [0.717, 1.165) is 0 Å². The molecule has 0 aliphatic carbocycles. The molecule has 0 unspecified atom stereocenters. The third kappa shape index (κ3) is 2.69. The number of benzene rings is 2. The van der Waals surface area contributed by atoms with E-state index < -0.39 is 0 Å². The van der Waals surface area contributed by atoms with Crippen LogP contribution in [0.5, 0.6) is 0 Å². The summed E-state index contributed by atoms with van der Waals surface area (Å²) in [4.78, 5) is 8.66. The summed E-state index contributed by atoms with van der Waals surface area (Å²) < 4.78 is 36.8. The minimum absolute atomic E-state index is 0.328. The Labute approximate surface area is 135 Å². The first-order valence-corrected chi connectivity index (χ1v) is 7.12. The standard InChI is InChI=1S/C18H10F2N2O2/c19-13-5-1-11(2-6-13)17-21-15(9-23-17)16-10-24-18(22-16)12-3-7-14(20)8-4-12/h1-10H. The van der Waals surface area contributed by atoms with Gasteiger partial charge in [0.1, 0.15) is 35.5 Å². The van der Waals surface area contributed by atoms with Crippen molar-refractivity contribution >= 4 is 0 Å². The monoisotopic (exact) mass is 324 g/mol. The molecule has 118 valence electrons. The predicted octanol–water partition coefficient (Wildman–Crippen LogP) is 4.94. The van der Waals surface area contributed by atoms with Crippen LogP contribution in [0.2, 0.25) is 0 Å². The highest BCUT2D eigenvalue weighted by molar-refractivity contribution is 5.62. The summed E-state index contributed by atoms with van der Waals surface area (Å²) in [6.07, 6.45) is 2.90. The largest absolute Gasteiger partial charge is 0.444 e. The van der Waals surface area contributed by atoms with Gasteiger partial charge in [0.2, 0.25) is 11.8 Å². The molecule has 0 aliphatic rings. The molecular formula is C18H10F2N2O2. The summed E-state index contributed by atoms with van der Waals surface area (Å²) in [5, 5.41) is 0. The van der Waals surface area contributed by atoms with Gasteiger partial charge in [-0.3, -0.25) is 0 Å². The number of hydrogen-bond acceptors (Lipinski definition) is 4. The second-order valence-electron chi connectivity index (χ2n) is 5.09. The normalized spacial score (nSPS) is 10.9. The van der Waals surface area contributed by atoms with E-state index in [0.29, 0.717) is 34.3 Å². The second kappa shape index (κ2) is 5.73. The van der Waals surface area contributed by atoms with Gasteiger partial charge in [0.15, 0.2) is 0 Å². The van der Waals surface area contributed by atoms with E-state index in [1.165, 1.54) is 36.8 Å². The summed E-state index contributed by atoms with van der Waals surface area (Å²) >= 11 is 0. The molecule has 0 saturated carbocycles. The SMILES string of the molecule is Fc1ccc(-c2nc(-c3coc(-c4ccc(F)cc4)n3)co2)cc1. The van der Waals surface area contributed by atoms with Crippen LogP contribution in [-0.2, 0) is 0 Å². The van der Waals surface area contributed by atoms with Crippen LogP contribution in [0.25, 0.3) is 34.3 Å². The van der Waals surface area contributed by atoms with E-state index in [9.17, 15) is 8.78 Å². The van der Waals surface area contributed by atoms with Crippen molar-refractivity contribution in [2.75, 3.05) is 0 Å². The first-order chi connectivity index (χ1) is 11.7. The lowest BCUT2D eigenvalue weighted by Gasteiger charge is -1.94. The van der Waals surface area contributed by atoms with Gasteiger partial charge in [0.05, 0.1) is 0 Å². The second-order valence-corrected chi connectivity index (χ2v) is 5.09. The van der Waals surface area contributed by atoms with E-state index in [1.54, 1.807) is 24.3 Å². The smallest absolute Gasteiger partial charge is 0.226 e. The fourth-order valence-electron chi connectivity index (χ4n) is 2.23. The molecule has 2 heterocycles. The van der Waals surface area contributed by atoms with Crippen LogP contribution in [0, 0.1) is 11.6 Å². The van der Waals surface area contributed by atoms with Crippen molar-refractivity contribution in [1.82, 2.24) is 9.97 Å². The highest BCUT2D eigenvalue weighted by Crippen LogP contribution is 2.27. The maximum absolute atomic E-state index is 13.0. The van der Waals surface area contributed by atoms with Gasteiger partial charge >= 0.3 is 0 Å². The molecule has 2 aromatic heterocycles. The molecular weight excluding hydrogens is 314 g/mol. The van der Waals surface area contributed by atoms with Crippen molar-refractivity contribution in [1.29, 1.82) is 0 Å². The summed E-state index contributed by atoms with van der Waals surface area (Å²) in [6.45, 7) is 0. The van der Waals surface area contributed by atoms with Crippen molar-refractivity contribution < 1.29 is 17.6 Å². The number of oxazole rings is 2. The maximum Gasteiger partial charge on any atom is 0.226 e. The summed E-state index contributed by atoms with van der Waals surface area (Å²) in [7, 11) is 0. The Hall–Kier alpha value is -3.28. The van der Waals surface area contributed by atoms with Crippen LogP contribution in [0.1, 0.15) is 0 Å². The zero-order chi connectivity index (χ0) is 16.5. The quantitative estimate of drug-likeness (QED) is 0.535. The topological polar surface area (TPSA) is 52.1 Å². The average Bonchev–Trinajstić information content (AvgIpc) is 3.25. The molecule has 2 aromatic carbocycles. The molecule has 0 saturated heterocycles. The fourth-order valence-corrected chi connectivity index (χ4v) is 2.23. The molecule has 0 spiro atoms. The van der Waals surface area contributed by atoms with Gasteiger partial charge in [-0.2, -0.15) is 0 Å². The Morgan fingerprint density at radius 1 is 0.583 bits per heavy atom. The molecule has 0 radical (unpaired) electrons. The predicted molar refractivity (Wildman–Crippen MR) is 82.8 cm³/mol. The van der Waals surface area contributed by atoms with Gasteiger partial charge in [-0.1, -0.05) is 0 Å². The number of hydrogen-bond donors (Lipinski definition) is 0. The zero-order valence-corrected chi connectivity index (χ0v) is 12.2.